The first-order valence-electron chi connectivity index (χ1n) is 6.56. The number of thioether (sulfide) groups is 1. The van der Waals surface area contributed by atoms with Crippen LogP contribution in [0.1, 0.15) is 17.0 Å². The number of hydrogen-bond donors (Lipinski definition) is 1. The van der Waals surface area contributed by atoms with E-state index in [9.17, 15) is 4.39 Å². The zero-order valence-corrected chi connectivity index (χ0v) is 12.4. The summed E-state index contributed by atoms with van der Waals surface area (Å²) < 4.78 is 13.3. The normalized spacial score (nSPS) is 18.9. The molecule has 1 nitrogen and oxygen atoms in total. The summed E-state index contributed by atoms with van der Waals surface area (Å²) in [4.78, 5) is 1.30. The molecule has 0 bridgehead atoms. The van der Waals surface area contributed by atoms with Gasteiger partial charge in [0.05, 0.1) is 0 Å². The number of nitrogens with two attached hydrogens (primary N) is 1. The van der Waals surface area contributed by atoms with Crippen LogP contribution in [0.2, 0.25) is 5.02 Å². The monoisotopic (exact) mass is 307 g/mol. The van der Waals surface area contributed by atoms with Gasteiger partial charge in [0.15, 0.2) is 0 Å². The van der Waals surface area contributed by atoms with Crippen LogP contribution < -0.4 is 5.73 Å². The van der Waals surface area contributed by atoms with E-state index >= 15 is 0 Å². The maximum absolute atomic E-state index is 13.3. The number of rotatable bonds is 3. The molecule has 0 amide bonds. The van der Waals surface area contributed by atoms with Gasteiger partial charge in [-0.25, -0.2) is 4.39 Å². The van der Waals surface area contributed by atoms with Gasteiger partial charge in [0.1, 0.15) is 5.82 Å². The summed E-state index contributed by atoms with van der Waals surface area (Å²) in [6, 6.07) is 12.7. The lowest BCUT2D eigenvalue weighted by atomic mass is 9.90. The van der Waals surface area contributed by atoms with Gasteiger partial charge in [-0.3, -0.25) is 0 Å². The van der Waals surface area contributed by atoms with E-state index in [1.165, 1.54) is 22.6 Å². The van der Waals surface area contributed by atoms with Crippen LogP contribution in [0.25, 0.3) is 0 Å². The summed E-state index contributed by atoms with van der Waals surface area (Å²) in [5.41, 5.74) is 8.44. The zero-order valence-electron chi connectivity index (χ0n) is 10.9. The predicted octanol–water partition coefficient (Wildman–Crippen LogP) is 4.24. The molecule has 0 saturated carbocycles. The minimum Gasteiger partial charge on any atom is -0.327 e. The quantitative estimate of drug-likeness (QED) is 0.918. The third-order valence-corrected chi connectivity index (χ3v) is 5.29. The Bertz CT molecular complexity index is 632. The first-order chi connectivity index (χ1) is 9.65. The van der Waals surface area contributed by atoms with Crippen LogP contribution in [-0.4, -0.2) is 11.8 Å². The van der Waals surface area contributed by atoms with Crippen LogP contribution in [0.5, 0.6) is 0 Å². The highest BCUT2D eigenvalue weighted by Crippen LogP contribution is 2.41. The molecule has 2 N–H and O–H groups in total. The van der Waals surface area contributed by atoms with E-state index < -0.39 is 0 Å². The topological polar surface area (TPSA) is 26.0 Å². The summed E-state index contributed by atoms with van der Waals surface area (Å²) in [5.74, 6) is 1.02. The van der Waals surface area contributed by atoms with E-state index in [-0.39, 0.29) is 11.9 Å². The van der Waals surface area contributed by atoms with Crippen LogP contribution in [0.3, 0.4) is 0 Å². The standard InChI is InChI=1S/C16H15ClFNS/c17-14-6-5-11(18)7-10(14)8-15(19)13-9-20-16-4-2-1-3-12(13)16/h1-7,13,15H,8-9,19H2. The lowest BCUT2D eigenvalue weighted by Crippen LogP contribution is -2.31. The minimum atomic E-state index is -0.266. The Morgan fingerprint density at radius 3 is 2.95 bits per heavy atom. The zero-order chi connectivity index (χ0) is 14.1. The number of halogens is 2. The van der Waals surface area contributed by atoms with E-state index in [0.717, 1.165) is 11.3 Å². The van der Waals surface area contributed by atoms with E-state index in [1.54, 1.807) is 6.07 Å². The second kappa shape index (κ2) is 5.76. The van der Waals surface area contributed by atoms with Gasteiger partial charge in [0, 0.05) is 27.6 Å². The number of benzene rings is 2. The first-order valence-corrected chi connectivity index (χ1v) is 7.93. The van der Waals surface area contributed by atoms with Gasteiger partial charge in [0.25, 0.3) is 0 Å². The summed E-state index contributed by atoms with van der Waals surface area (Å²) in [7, 11) is 0. The number of hydrogen-bond acceptors (Lipinski definition) is 2. The van der Waals surface area contributed by atoms with Crippen molar-refractivity contribution in [2.45, 2.75) is 23.3 Å². The van der Waals surface area contributed by atoms with Gasteiger partial charge in [-0.15, -0.1) is 11.8 Å². The molecule has 0 saturated heterocycles. The molecule has 0 aliphatic carbocycles. The van der Waals surface area contributed by atoms with Gasteiger partial charge >= 0.3 is 0 Å². The van der Waals surface area contributed by atoms with Crippen molar-refractivity contribution >= 4 is 23.4 Å². The van der Waals surface area contributed by atoms with Crippen LogP contribution >= 0.6 is 23.4 Å². The SMILES string of the molecule is NC(Cc1cc(F)ccc1Cl)C1CSc2ccccc21. The fourth-order valence-electron chi connectivity index (χ4n) is 2.64. The molecule has 2 aromatic carbocycles. The molecular formula is C16H15ClFNS. The molecular weight excluding hydrogens is 293 g/mol. The molecule has 2 unspecified atom stereocenters. The van der Waals surface area contributed by atoms with Crippen molar-refractivity contribution in [1.29, 1.82) is 0 Å². The maximum Gasteiger partial charge on any atom is 0.123 e. The largest absolute Gasteiger partial charge is 0.327 e. The van der Waals surface area contributed by atoms with Crippen molar-refractivity contribution < 1.29 is 4.39 Å². The van der Waals surface area contributed by atoms with Crippen molar-refractivity contribution in [2.75, 3.05) is 5.75 Å². The molecule has 1 aliphatic rings. The summed E-state index contributed by atoms with van der Waals surface area (Å²) >= 11 is 7.95. The second-order valence-corrected chi connectivity index (χ2v) is 6.53. The lowest BCUT2D eigenvalue weighted by Gasteiger charge is -2.20. The van der Waals surface area contributed by atoms with Crippen molar-refractivity contribution in [2.24, 2.45) is 5.73 Å². The van der Waals surface area contributed by atoms with Crippen LogP contribution in [0.4, 0.5) is 4.39 Å². The average molecular weight is 308 g/mol. The fourth-order valence-corrected chi connectivity index (χ4v) is 4.18. The van der Waals surface area contributed by atoms with Crippen LogP contribution in [-0.2, 0) is 6.42 Å². The molecule has 2 aromatic rings. The van der Waals surface area contributed by atoms with Gasteiger partial charge in [0.2, 0.25) is 0 Å². The van der Waals surface area contributed by atoms with Crippen molar-refractivity contribution in [3.05, 3.63) is 64.4 Å². The molecule has 0 fully saturated rings. The van der Waals surface area contributed by atoms with E-state index in [4.69, 9.17) is 17.3 Å². The summed E-state index contributed by atoms with van der Waals surface area (Å²) in [6.07, 6.45) is 0.593. The highest BCUT2D eigenvalue weighted by atomic mass is 35.5. The Labute approximate surface area is 127 Å². The molecule has 104 valence electrons. The predicted molar refractivity (Wildman–Crippen MR) is 83.0 cm³/mol. The maximum atomic E-state index is 13.3. The number of fused-ring (bicyclic) bond motifs is 1. The average Bonchev–Trinajstić information content (AvgIpc) is 2.87. The molecule has 20 heavy (non-hydrogen) atoms. The van der Waals surface area contributed by atoms with Crippen LogP contribution in [0, 0.1) is 5.82 Å². The van der Waals surface area contributed by atoms with Gasteiger partial charge in [-0.1, -0.05) is 29.8 Å². The molecule has 2 atom stereocenters. The Hall–Kier alpha value is -1.03. The van der Waals surface area contributed by atoms with E-state index in [1.807, 2.05) is 23.9 Å². The summed E-state index contributed by atoms with van der Waals surface area (Å²) in [6.45, 7) is 0. The highest BCUT2D eigenvalue weighted by Gasteiger charge is 2.28. The smallest absolute Gasteiger partial charge is 0.123 e. The molecule has 3 rings (SSSR count). The molecule has 1 heterocycles. The van der Waals surface area contributed by atoms with Crippen molar-refractivity contribution in [1.82, 2.24) is 0 Å². The molecule has 0 spiro atoms. The van der Waals surface area contributed by atoms with Crippen LogP contribution in [0.15, 0.2) is 47.4 Å². The Morgan fingerprint density at radius 2 is 2.10 bits per heavy atom. The van der Waals surface area contributed by atoms with E-state index in [2.05, 4.69) is 12.1 Å². The lowest BCUT2D eigenvalue weighted by molar-refractivity contribution is 0.567. The van der Waals surface area contributed by atoms with Crippen molar-refractivity contribution in [3.8, 4) is 0 Å². The fraction of sp³-hybridized carbons (Fsp3) is 0.250. The van der Waals surface area contributed by atoms with E-state index in [0.29, 0.717) is 17.4 Å². The third-order valence-electron chi connectivity index (χ3n) is 3.72. The van der Waals surface area contributed by atoms with Crippen molar-refractivity contribution in [3.63, 3.8) is 0 Å². The molecule has 1 aliphatic heterocycles. The van der Waals surface area contributed by atoms with Gasteiger partial charge < -0.3 is 5.73 Å². The Morgan fingerprint density at radius 1 is 1.30 bits per heavy atom. The Kier molecular flexibility index (Phi) is 4.01. The molecule has 0 radical (unpaired) electrons. The third kappa shape index (κ3) is 2.71. The molecule has 0 aromatic heterocycles. The molecule has 4 heteroatoms. The second-order valence-electron chi connectivity index (χ2n) is 5.06. The van der Waals surface area contributed by atoms with Gasteiger partial charge in [-0.05, 0) is 41.8 Å². The summed E-state index contributed by atoms with van der Waals surface area (Å²) in [5, 5.41) is 0.584. The van der Waals surface area contributed by atoms with Gasteiger partial charge in [-0.2, -0.15) is 0 Å². The first kappa shape index (κ1) is 13.9. The minimum absolute atomic E-state index is 0.0505. The highest BCUT2D eigenvalue weighted by molar-refractivity contribution is 7.99. The Balaban J connectivity index is 1.81.